The third-order valence-corrected chi connectivity index (χ3v) is 22.6. The maximum Gasteiger partial charge on any atom is 0.416 e. The molecular formula is C97H96N16O13. The highest BCUT2D eigenvalue weighted by Gasteiger charge is 2.46. The quantitative estimate of drug-likeness (QED) is 0.0150. The average molecular weight is 1690 g/mol. The lowest BCUT2D eigenvalue weighted by Gasteiger charge is -2.41. The first kappa shape index (κ1) is 85.5. The third-order valence-electron chi connectivity index (χ3n) is 22.6. The van der Waals surface area contributed by atoms with Crippen molar-refractivity contribution >= 4 is 116 Å². The van der Waals surface area contributed by atoms with Crippen LogP contribution in [0.2, 0.25) is 0 Å². The Bertz CT molecular complexity index is 6240. The predicted octanol–water partition coefficient (Wildman–Crippen LogP) is 15.4. The number of nitrogen functional groups attached to an aromatic ring is 2. The predicted molar refractivity (Wildman–Crippen MR) is 486 cm³/mol. The van der Waals surface area contributed by atoms with Crippen LogP contribution in [0.4, 0.5) is 61.7 Å². The number of rotatable bonds is 25. The lowest BCUT2D eigenvalue weighted by atomic mass is 9.92. The van der Waals surface area contributed by atoms with E-state index in [2.05, 4.69) is 50.6 Å². The van der Waals surface area contributed by atoms with Crippen LogP contribution in [0.15, 0.2) is 237 Å². The molecule has 0 saturated heterocycles. The minimum atomic E-state index is -0.869. The second-order valence-electron chi connectivity index (χ2n) is 31.5. The van der Waals surface area contributed by atoms with Gasteiger partial charge in [-0.3, -0.25) is 43.3 Å². The summed E-state index contributed by atoms with van der Waals surface area (Å²) in [5.74, 6) is -0.915. The van der Waals surface area contributed by atoms with Crippen LogP contribution < -0.4 is 57.7 Å². The first-order valence-electron chi connectivity index (χ1n) is 41.2. The van der Waals surface area contributed by atoms with Crippen molar-refractivity contribution in [3.63, 3.8) is 0 Å². The minimum Gasteiger partial charge on any atom is -0.493 e. The van der Waals surface area contributed by atoms with Crippen LogP contribution in [0.3, 0.4) is 0 Å². The van der Waals surface area contributed by atoms with E-state index in [1.807, 2.05) is 117 Å². The van der Waals surface area contributed by atoms with Gasteiger partial charge in [0.25, 0.3) is 35.4 Å². The van der Waals surface area contributed by atoms with Crippen LogP contribution in [0.25, 0.3) is 22.3 Å². The van der Waals surface area contributed by atoms with Gasteiger partial charge in [-0.2, -0.15) is 0 Å². The molecule has 4 aromatic heterocycles. The van der Waals surface area contributed by atoms with Crippen molar-refractivity contribution in [2.45, 2.75) is 83.8 Å². The monoisotopic (exact) mass is 1690 g/mol. The van der Waals surface area contributed by atoms with E-state index in [1.54, 1.807) is 166 Å². The van der Waals surface area contributed by atoms with Crippen molar-refractivity contribution in [1.82, 2.24) is 28.1 Å². The number of aliphatic imine (C=N–C) groups is 1. The highest BCUT2D eigenvalue weighted by Crippen LogP contribution is 2.42. The number of carbonyl (C=O) groups excluding carboxylic acids is 9. The topological polar surface area (TPSA) is 357 Å². The van der Waals surface area contributed by atoms with Crippen LogP contribution in [0.5, 0.6) is 11.5 Å². The van der Waals surface area contributed by atoms with Crippen LogP contribution in [0, 0.1) is 13.8 Å². The molecule has 642 valence electrons. The number of fused-ring (bicyclic) bond motifs is 6. The molecule has 29 heteroatoms. The van der Waals surface area contributed by atoms with Gasteiger partial charge in [0.15, 0.2) is 6.23 Å². The van der Waals surface area contributed by atoms with Crippen molar-refractivity contribution in [2.75, 3.05) is 75.2 Å². The number of nitrogens with zero attached hydrogens (tertiary/aromatic N) is 8. The summed E-state index contributed by atoms with van der Waals surface area (Å²) in [6, 6.07) is 57.9. The second-order valence-corrected chi connectivity index (χ2v) is 31.5. The van der Waals surface area contributed by atoms with Gasteiger partial charge in [0, 0.05) is 150 Å². The van der Waals surface area contributed by atoms with E-state index in [0.717, 1.165) is 50.9 Å². The number of hydrogen-bond acceptors (Lipinski definition) is 16. The van der Waals surface area contributed by atoms with Gasteiger partial charge >= 0.3 is 6.09 Å². The van der Waals surface area contributed by atoms with E-state index in [9.17, 15) is 43.2 Å². The molecule has 12 aromatic rings. The molecule has 0 fully saturated rings. The van der Waals surface area contributed by atoms with E-state index in [0.29, 0.717) is 147 Å². The summed E-state index contributed by atoms with van der Waals surface area (Å²) in [7, 11) is 8.57. The van der Waals surface area contributed by atoms with E-state index in [4.69, 9.17) is 35.4 Å². The van der Waals surface area contributed by atoms with E-state index < -0.39 is 18.4 Å². The molecule has 0 aliphatic carbocycles. The number of nitrogens with two attached hydrogens (primary N) is 2. The van der Waals surface area contributed by atoms with Crippen molar-refractivity contribution < 1.29 is 62.1 Å². The molecule has 8 aromatic carbocycles. The van der Waals surface area contributed by atoms with Gasteiger partial charge in [-0.25, -0.2) is 9.69 Å². The molecule has 0 radical (unpaired) electrons. The lowest BCUT2D eigenvalue weighted by Crippen LogP contribution is -2.56. The van der Waals surface area contributed by atoms with Crippen molar-refractivity contribution in [2.24, 2.45) is 33.2 Å². The molecular weight excluding hydrogens is 1600 g/mol. The van der Waals surface area contributed by atoms with Gasteiger partial charge in [-0.1, -0.05) is 85.5 Å². The number of carbonyl (C=O) groups is 9. The molecule has 4 aliphatic heterocycles. The number of hydrogen-bond donors (Lipinski definition) is 8. The number of amides is 9. The summed E-state index contributed by atoms with van der Waals surface area (Å²) >= 11 is 0. The zero-order valence-corrected chi connectivity index (χ0v) is 70.7. The fraction of sp³-hybridized carbons (Fsp3) is 0.216. The van der Waals surface area contributed by atoms with Gasteiger partial charge in [0.1, 0.15) is 40.9 Å². The summed E-state index contributed by atoms with van der Waals surface area (Å²) in [4.78, 5) is 130. The molecule has 9 amide bonds. The highest BCUT2D eigenvalue weighted by atomic mass is 16.6. The maximum absolute atomic E-state index is 14.3. The Morgan fingerprint density at radius 1 is 0.468 bits per heavy atom. The number of nitrogens with one attached hydrogen (secondary N) is 6. The molecule has 1 unspecified atom stereocenters. The van der Waals surface area contributed by atoms with E-state index in [1.165, 1.54) is 23.6 Å². The summed E-state index contributed by atoms with van der Waals surface area (Å²) < 4.78 is 30.6. The van der Waals surface area contributed by atoms with Crippen molar-refractivity contribution in [3.8, 4) is 33.8 Å². The Balaban J connectivity index is 0.000000196. The maximum atomic E-state index is 14.3. The Labute approximate surface area is 727 Å². The first-order valence-corrected chi connectivity index (χ1v) is 41.2. The molecule has 0 bridgehead atoms. The Hall–Kier alpha value is -15.5. The fourth-order valence-electron chi connectivity index (χ4n) is 16.0. The van der Waals surface area contributed by atoms with Crippen LogP contribution in [0.1, 0.15) is 122 Å². The normalized spacial score (nSPS) is 14.6. The molecule has 29 nitrogen and oxygen atoms in total. The van der Waals surface area contributed by atoms with E-state index in [-0.39, 0.29) is 79.4 Å². The highest BCUT2D eigenvalue weighted by molar-refractivity contribution is 6.09. The van der Waals surface area contributed by atoms with Gasteiger partial charge in [-0.15, -0.1) is 0 Å². The Morgan fingerprint density at radius 2 is 0.881 bits per heavy atom. The number of aryl methyl sites for hydroxylation is 6. The number of ether oxygens (including phenoxy) is 4. The number of anilines is 9. The summed E-state index contributed by atoms with van der Waals surface area (Å²) in [5, 5.41) is 17.3. The second kappa shape index (κ2) is 37.4. The molecule has 4 aliphatic rings. The number of benzene rings is 8. The molecule has 3 atom stereocenters. The van der Waals surface area contributed by atoms with Crippen molar-refractivity contribution in [3.05, 3.63) is 299 Å². The zero-order chi connectivity index (χ0) is 88.6. The van der Waals surface area contributed by atoms with Crippen LogP contribution >= 0.6 is 0 Å². The van der Waals surface area contributed by atoms with Crippen molar-refractivity contribution in [1.29, 1.82) is 0 Å². The number of methoxy groups -OCH3 is 1. The summed E-state index contributed by atoms with van der Waals surface area (Å²) in [6.45, 7) is 8.72. The molecule has 8 heterocycles. The molecule has 16 rings (SSSR count). The number of aromatic nitrogens is 4. The summed E-state index contributed by atoms with van der Waals surface area (Å²) in [5.41, 5.74) is 28.9. The standard InChI is InChI=1S/C51H52N8O8.C46H44N8O5/c1-6-21-67-51(64)59-41-27-45(31(2)23-40(41)49(63)58-29-34-11-8-7-10-33(34)24-44(58)50(59)65-5)66-22-9-12-46(60)53-39-26-43(57(4)30-39)48(62)54-37-17-13-32(14-18-37)35-25-42(56(3)28-35)47(61)55-38-19-15-36(52)16-20-38;1-28-19-38-39(48-24-37-20-30-7-4-5-8-31(30)26-54(37)46(38)58)23-42(28)59-18-6-9-43(55)49-36-22-41(53(3)27-36)45(57)50-34-14-10-29(11-15-34)32-21-40(52(2)25-32)44(56)51-35-16-12-33(47)13-17-35/h6-8,10-11,13-20,23,25-28,30,44,50H,1,9,12,21-22,24,29,52H2,2-5H3,(H,53,60)(H,54,62)(H,55,61);4-5,7-8,10-17,19,21-25,27,37H,6,9,18,20,26,47H2,1-3H3,(H,49,55)(H,50,57)(H,51,56)/t44-,50?;37-/m00/s1. The van der Waals surface area contributed by atoms with E-state index >= 15 is 0 Å². The third kappa shape index (κ3) is 19.2. The first-order chi connectivity index (χ1) is 60.8. The molecule has 0 spiro atoms. The van der Waals surface area contributed by atoms with Gasteiger partial charge in [0.2, 0.25) is 11.8 Å². The molecule has 0 saturated carbocycles. The molecule has 10 N–H and O–H groups in total. The van der Waals surface area contributed by atoms with Gasteiger partial charge in [-0.05, 0) is 193 Å². The average Bonchev–Trinajstić information content (AvgIpc) is 1.58. The largest absolute Gasteiger partial charge is 0.493 e. The van der Waals surface area contributed by atoms with Gasteiger partial charge in [0.05, 0.1) is 59.2 Å². The Morgan fingerprint density at radius 3 is 1.35 bits per heavy atom. The minimum absolute atomic E-state index is 0.0366. The lowest BCUT2D eigenvalue weighted by molar-refractivity contribution is -0.117. The van der Waals surface area contributed by atoms with Gasteiger partial charge < -0.3 is 90.4 Å². The smallest absolute Gasteiger partial charge is 0.416 e. The SMILES string of the molecule is C=CCOC(=O)N1c2cc(OCCCC(=O)Nc3cc(C(=O)Nc4ccc(-c5cc(C(=O)Nc6ccc(N)cc6)n(C)c5)cc4)n(C)c3)c(C)cc2C(=O)N2Cc3ccccc3C[C@H]2C1OC.Cc1cc2c(cc1OCCCC(=O)Nc1cc(C(=O)Nc3ccc(-c4cc(C(=O)Nc5ccc(N)cc5)n(C)c4)cc3)n(C)c1)N=C[C@@H]1Cc3ccccc3CN1C2=O. The molecule has 126 heavy (non-hydrogen) atoms. The Kier molecular flexibility index (Phi) is 25.4. The van der Waals surface area contributed by atoms with Crippen LogP contribution in [-0.2, 0) is 73.2 Å². The summed E-state index contributed by atoms with van der Waals surface area (Å²) in [6.07, 6.45) is 11.2. The fourth-order valence-corrected chi connectivity index (χ4v) is 16.0. The zero-order valence-electron chi connectivity index (χ0n) is 70.7. The van der Waals surface area contributed by atoms with Crippen LogP contribution in [-0.4, -0.2) is 133 Å².